The molecule has 0 aliphatic heterocycles. The quantitative estimate of drug-likeness (QED) is 0.400. The molecule has 2 amide bonds. The monoisotopic (exact) mass is 448 g/mol. The number of methoxy groups -OCH3 is 2. The SMILES string of the molecule is COc1ccc(C(=O)Nc2nnc(SCC(=O)Nc3cccc(F)c3)s2)cc1OC. The Balaban J connectivity index is 1.54. The van der Waals surface area contributed by atoms with Crippen LogP contribution in [0.1, 0.15) is 10.4 Å². The molecule has 2 aromatic carbocycles. The molecule has 0 saturated carbocycles. The first-order chi connectivity index (χ1) is 14.5. The molecule has 3 rings (SSSR count). The number of benzene rings is 2. The van der Waals surface area contributed by atoms with Crippen molar-refractivity contribution in [1.29, 1.82) is 0 Å². The Bertz CT molecular complexity index is 1060. The maximum atomic E-state index is 13.2. The lowest BCUT2D eigenvalue weighted by Crippen LogP contribution is -2.13. The van der Waals surface area contributed by atoms with Crippen LogP contribution in [0.4, 0.5) is 15.2 Å². The standard InChI is InChI=1S/C19H17FN4O4S2/c1-27-14-7-6-11(8-15(14)28-2)17(26)22-18-23-24-19(30-18)29-10-16(25)21-13-5-3-4-12(20)9-13/h3-9H,10H2,1-2H3,(H,21,25)(H,22,23,26). The van der Waals surface area contributed by atoms with Crippen molar-refractivity contribution in [2.24, 2.45) is 0 Å². The maximum absolute atomic E-state index is 13.2. The third kappa shape index (κ3) is 5.67. The highest BCUT2D eigenvalue weighted by Crippen LogP contribution is 2.29. The third-order valence-corrected chi connectivity index (χ3v) is 5.68. The lowest BCUT2D eigenvalue weighted by molar-refractivity contribution is -0.113. The normalized spacial score (nSPS) is 10.4. The summed E-state index contributed by atoms with van der Waals surface area (Å²) < 4.78 is 24.0. The van der Waals surface area contributed by atoms with E-state index in [2.05, 4.69) is 20.8 Å². The van der Waals surface area contributed by atoms with Gasteiger partial charge in [0.05, 0.1) is 20.0 Å². The molecule has 2 N–H and O–H groups in total. The van der Waals surface area contributed by atoms with Crippen molar-refractivity contribution in [3.8, 4) is 11.5 Å². The van der Waals surface area contributed by atoms with E-state index in [1.165, 1.54) is 32.4 Å². The van der Waals surface area contributed by atoms with Crippen LogP contribution in [0.5, 0.6) is 11.5 Å². The molecule has 0 unspecified atom stereocenters. The van der Waals surface area contributed by atoms with Crippen LogP contribution in [0.3, 0.4) is 0 Å². The molecule has 0 radical (unpaired) electrons. The summed E-state index contributed by atoms with van der Waals surface area (Å²) in [6.07, 6.45) is 0. The van der Waals surface area contributed by atoms with E-state index >= 15 is 0 Å². The van der Waals surface area contributed by atoms with Gasteiger partial charge in [-0.15, -0.1) is 10.2 Å². The summed E-state index contributed by atoms with van der Waals surface area (Å²) in [4.78, 5) is 24.4. The van der Waals surface area contributed by atoms with Crippen molar-refractivity contribution >= 4 is 45.7 Å². The Morgan fingerprint density at radius 1 is 1.07 bits per heavy atom. The molecule has 0 atom stereocenters. The summed E-state index contributed by atoms with van der Waals surface area (Å²) >= 11 is 2.30. The molecule has 1 heterocycles. The fourth-order valence-electron chi connectivity index (χ4n) is 2.36. The van der Waals surface area contributed by atoms with Gasteiger partial charge in [-0.2, -0.15) is 0 Å². The molecule has 3 aromatic rings. The number of amides is 2. The molecule has 0 bridgehead atoms. The molecular formula is C19H17FN4O4S2. The minimum Gasteiger partial charge on any atom is -0.493 e. The Morgan fingerprint density at radius 3 is 2.60 bits per heavy atom. The van der Waals surface area contributed by atoms with E-state index < -0.39 is 5.82 Å². The van der Waals surface area contributed by atoms with Crippen LogP contribution in [-0.2, 0) is 4.79 Å². The van der Waals surface area contributed by atoms with E-state index in [1.54, 1.807) is 24.3 Å². The lowest BCUT2D eigenvalue weighted by atomic mass is 10.2. The summed E-state index contributed by atoms with van der Waals surface area (Å²) in [5.74, 6) is -0.110. The largest absolute Gasteiger partial charge is 0.493 e. The number of carbonyl (C=O) groups excluding carboxylic acids is 2. The van der Waals surface area contributed by atoms with Crippen LogP contribution in [0.15, 0.2) is 46.8 Å². The van der Waals surface area contributed by atoms with Crippen LogP contribution in [0, 0.1) is 5.82 Å². The molecule has 1 aromatic heterocycles. The van der Waals surface area contributed by atoms with E-state index in [4.69, 9.17) is 9.47 Å². The van der Waals surface area contributed by atoms with E-state index in [-0.39, 0.29) is 17.6 Å². The predicted octanol–water partition coefficient (Wildman–Crippen LogP) is 3.68. The average Bonchev–Trinajstić information content (AvgIpc) is 3.19. The average molecular weight is 449 g/mol. The number of rotatable bonds is 8. The number of aromatic nitrogens is 2. The van der Waals surface area contributed by atoms with Gasteiger partial charge in [0, 0.05) is 11.3 Å². The molecule has 0 aliphatic rings. The van der Waals surface area contributed by atoms with Gasteiger partial charge in [-0.1, -0.05) is 29.2 Å². The Kier molecular flexibility index (Phi) is 7.20. The van der Waals surface area contributed by atoms with Gasteiger partial charge in [0.15, 0.2) is 15.8 Å². The van der Waals surface area contributed by atoms with E-state index in [1.807, 2.05) is 0 Å². The fourth-order valence-corrected chi connectivity index (χ4v) is 3.90. The smallest absolute Gasteiger partial charge is 0.257 e. The molecule has 0 fully saturated rings. The molecule has 0 saturated heterocycles. The number of nitrogens with zero attached hydrogens (tertiary/aromatic N) is 2. The van der Waals surface area contributed by atoms with Gasteiger partial charge in [-0.05, 0) is 36.4 Å². The highest BCUT2D eigenvalue weighted by Gasteiger charge is 2.14. The Hall–Kier alpha value is -3.18. The second-order valence-electron chi connectivity index (χ2n) is 5.74. The second-order valence-corrected chi connectivity index (χ2v) is 7.94. The maximum Gasteiger partial charge on any atom is 0.257 e. The van der Waals surface area contributed by atoms with Gasteiger partial charge < -0.3 is 14.8 Å². The van der Waals surface area contributed by atoms with Gasteiger partial charge in [0.1, 0.15) is 5.82 Å². The molecule has 0 spiro atoms. The number of anilines is 2. The zero-order valence-electron chi connectivity index (χ0n) is 16.0. The third-order valence-electron chi connectivity index (χ3n) is 3.71. The molecule has 8 nitrogen and oxygen atoms in total. The highest BCUT2D eigenvalue weighted by molar-refractivity contribution is 8.01. The highest BCUT2D eigenvalue weighted by atomic mass is 32.2. The number of carbonyl (C=O) groups is 2. The van der Waals surface area contributed by atoms with Crippen molar-refractivity contribution in [3.05, 3.63) is 53.8 Å². The van der Waals surface area contributed by atoms with Crippen LogP contribution in [0.2, 0.25) is 0 Å². The predicted molar refractivity (Wildman–Crippen MR) is 113 cm³/mol. The van der Waals surface area contributed by atoms with E-state index in [9.17, 15) is 14.0 Å². The number of ether oxygens (including phenoxy) is 2. The zero-order chi connectivity index (χ0) is 21.5. The van der Waals surface area contributed by atoms with Gasteiger partial charge in [-0.3, -0.25) is 14.9 Å². The summed E-state index contributed by atoms with van der Waals surface area (Å²) in [6, 6.07) is 10.4. The molecular weight excluding hydrogens is 431 g/mol. The first kappa shape index (κ1) is 21.5. The molecule has 11 heteroatoms. The number of halogens is 1. The van der Waals surface area contributed by atoms with Crippen LogP contribution < -0.4 is 20.1 Å². The minimum atomic E-state index is -0.431. The van der Waals surface area contributed by atoms with Gasteiger partial charge in [0.2, 0.25) is 11.0 Å². The summed E-state index contributed by atoms with van der Waals surface area (Å²) in [7, 11) is 2.99. The van der Waals surface area contributed by atoms with Gasteiger partial charge in [-0.25, -0.2) is 4.39 Å². The van der Waals surface area contributed by atoms with Crippen molar-refractivity contribution in [2.45, 2.75) is 4.34 Å². The first-order valence-electron chi connectivity index (χ1n) is 8.53. The van der Waals surface area contributed by atoms with Crippen LogP contribution in [-0.4, -0.2) is 42.0 Å². The Morgan fingerprint density at radius 2 is 1.87 bits per heavy atom. The fraction of sp³-hybridized carbons (Fsp3) is 0.158. The topological polar surface area (TPSA) is 102 Å². The number of hydrogen-bond donors (Lipinski definition) is 2. The summed E-state index contributed by atoms with van der Waals surface area (Å²) in [6.45, 7) is 0. The van der Waals surface area contributed by atoms with Crippen LogP contribution >= 0.6 is 23.1 Å². The Labute approximate surface area is 179 Å². The van der Waals surface area contributed by atoms with Crippen molar-refractivity contribution in [1.82, 2.24) is 10.2 Å². The van der Waals surface area contributed by atoms with Crippen molar-refractivity contribution < 1.29 is 23.5 Å². The second kappa shape index (κ2) is 10.0. The molecule has 0 aliphatic carbocycles. The molecule has 30 heavy (non-hydrogen) atoms. The van der Waals surface area contributed by atoms with Crippen molar-refractivity contribution in [3.63, 3.8) is 0 Å². The zero-order valence-corrected chi connectivity index (χ0v) is 17.6. The minimum absolute atomic E-state index is 0.0643. The van der Waals surface area contributed by atoms with E-state index in [0.717, 1.165) is 23.1 Å². The van der Waals surface area contributed by atoms with Crippen LogP contribution in [0.25, 0.3) is 0 Å². The van der Waals surface area contributed by atoms with Gasteiger partial charge >= 0.3 is 0 Å². The number of thioether (sulfide) groups is 1. The molecule has 156 valence electrons. The summed E-state index contributed by atoms with van der Waals surface area (Å²) in [5.41, 5.74) is 0.743. The summed E-state index contributed by atoms with van der Waals surface area (Å²) in [5, 5.41) is 13.4. The van der Waals surface area contributed by atoms with Gasteiger partial charge in [0.25, 0.3) is 5.91 Å². The van der Waals surface area contributed by atoms with Crippen molar-refractivity contribution in [2.75, 3.05) is 30.6 Å². The van der Waals surface area contributed by atoms with E-state index in [0.29, 0.717) is 32.2 Å². The number of hydrogen-bond acceptors (Lipinski definition) is 8. The first-order valence-corrected chi connectivity index (χ1v) is 10.3. The lowest BCUT2D eigenvalue weighted by Gasteiger charge is -2.08. The number of nitrogens with one attached hydrogen (secondary N) is 2.